The van der Waals surface area contributed by atoms with Crippen LogP contribution in [-0.2, 0) is 0 Å². The van der Waals surface area contributed by atoms with Crippen molar-refractivity contribution in [3.8, 4) is 0 Å². The van der Waals surface area contributed by atoms with Gasteiger partial charge in [-0.05, 0) is 25.3 Å². The maximum Gasteiger partial charge on any atom is 0.0558 e. The van der Waals surface area contributed by atoms with Gasteiger partial charge in [-0.15, -0.1) is 0 Å². The van der Waals surface area contributed by atoms with Crippen LogP contribution < -0.4 is 0 Å². The Kier molecular flexibility index (Phi) is 8.94. The average Bonchev–Trinajstić information content (AvgIpc) is 2.35. The van der Waals surface area contributed by atoms with Gasteiger partial charge in [0.25, 0.3) is 0 Å². The zero-order chi connectivity index (χ0) is 14.1. The number of aliphatic hydroxyl groups is 1. The number of β-amino-alcohol motifs (C(OH)–C–C–N with tert-alkyl or cyclic N) is 1. The second-order valence-corrected chi connectivity index (χ2v) is 4.88. The Hall–Kier alpha value is -0.670. The van der Waals surface area contributed by atoms with Gasteiger partial charge in [0.1, 0.15) is 0 Å². The summed E-state index contributed by atoms with van der Waals surface area (Å²) in [7, 11) is 0. The zero-order valence-electron chi connectivity index (χ0n) is 13.0. The monoisotopic (exact) mass is 254 g/mol. The molecule has 18 heavy (non-hydrogen) atoms. The molecule has 0 spiro atoms. The highest BCUT2D eigenvalue weighted by atomic mass is 16.3. The molecule has 0 radical (unpaired) electrons. The van der Waals surface area contributed by atoms with Gasteiger partial charge in [-0.25, -0.2) is 0 Å². The van der Waals surface area contributed by atoms with Crippen LogP contribution in [0, 0.1) is 5.92 Å². The summed E-state index contributed by atoms with van der Waals surface area (Å²) in [6.07, 6.45) is 1.01. The number of nitrogens with zero attached hydrogens (tertiary/aromatic N) is 2. The summed E-state index contributed by atoms with van der Waals surface area (Å²) in [6.45, 7) is 15.6. The molecule has 0 bridgehead atoms. The van der Waals surface area contributed by atoms with Crippen molar-refractivity contribution in [1.29, 1.82) is 0 Å². The third-order valence-electron chi connectivity index (χ3n) is 3.18. The molecular weight excluding hydrogens is 224 g/mol. The van der Waals surface area contributed by atoms with Crippen LogP contribution in [0.15, 0.2) is 16.3 Å². The predicted octanol–water partition coefficient (Wildman–Crippen LogP) is 3.10. The van der Waals surface area contributed by atoms with Crippen molar-refractivity contribution in [2.75, 3.05) is 26.2 Å². The molecule has 106 valence electrons. The Morgan fingerprint density at radius 1 is 1.39 bits per heavy atom. The first-order valence-corrected chi connectivity index (χ1v) is 7.11. The van der Waals surface area contributed by atoms with Gasteiger partial charge in [-0.2, -0.15) is 0 Å². The topological polar surface area (TPSA) is 35.8 Å². The molecule has 0 aromatic rings. The molecule has 0 atom stereocenters. The van der Waals surface area contributed by atoms with Gasteiger partial charge in [0.15, 0.2) is 0 Å². The fraction of sp³-hybridized carbons (Fsp3) is 0.800. The molecule has 1 heterocycles. The van der Waals surface area contributed by atoms with Crippen LogP contribution in [0.4, 0.5) is 0 Å². The summed E-state index contributed by atoms with van der Waals surface area (Å²) >= 11 is 0. The molecule has 0 saturated carbocycles. The molecule has 3 heteroatoms. The molecule has 0 saturated heterocycles. The molecule has 1 aliphatic heterocycles. The van der Waals surface area contributed by atoms with Gasteiger partial charge in [0, 0.05) is 37.5 Å². The molecular formula is C15H30N2O. The van der Waals surface area contributed by atoms with Gasteiger partial charge in [-0.1, -0.05) is 27.7 Å². The van der Waals surface area contributed by atoms with Crippen molar-refractivity contribution in [3.05, 3.63) is 11.3 Å². The van der Waals surface area contributed by atoms with E-state index in [9.17, 15) is 0 Å². The molecule has 1 N–H and O–H groups in total. The normalized spacial score (nSPS) is 17.9. The van der Waals surface area contributed by atoms with E-state index < -0.39 is 0 Å². The van der Waals surface area contributed by atoms with Gasteiger partial charge in [0.05, 0.1) is 6.61 Å². The molecule has 3 nitrogen and oxygen atoms in total. The molecule has 0 aromatic carbocycles. The van der Waals surface area contributed by atoms with Gasteiger partial charge in [0.2, 0.25) is 0 Å². The van der Waals surface area contributed by atoms with Crippen molar-refractivity contribution in [2.45, 2.75) is 48.0 Å². The summed E-state index contributed by atoms with van der Waals surface area (Å²) in [6, 6.07) is 0. The Bertz CT molecular complexity index is 293. The molecule has 0 aliphatic carbocycles. The molecule has 0 fully saturated rings. The molecule has 0 unspecified atom stereocenters. The van der Waals surface area contributed by atoms with Crippen molar-refractivity contribution < 1.29 is 5.11 Å². The fourth-order valence-corrected chi connectivity index (χ4v) is 1.81. The van der Waals surface area contributed by atoms with E-state index in [1.54, 1.807) is 0 Å². The summed E-state index contributed by atoms with van der Waals surface area (Å²) < 4.78 is 0. The third kappa shape index (κ3) is 5.78. The van der Waals surface area contributed by atoms with E-state index in [1.807, 2.05) is 13.8 Å². The van der Waals surface area contributed by atoms with Gasteiger partial charge in [-0.3, -0.25) is 9.89 Å². The van der Waals surface area contributed by atoms with Crippen molar-refractivity contribution in [2.24, 2.45) is 10.9 Å². The van der Waals surface area contributed by atoms with Crippen LogP contribution in [0.25, 0.3) is 0 Å². The molecule has 1 aliphatic rings. The second kappa shape index (κ2) is 9.29. The minimum atomic E-state index is 0.247. The first kappa shape index (κ1) is 17.3. The number of aliphatic imine (C=N–C) groups is 1. The Morgan fingerprint density at radius 3 is 2.44 bits per heavy atom. The molecule has 0 aromatic heterocycles. The fourth-order valence-electron chi connectivity index (χ4n) is 1.81. The smallest absolute Gasteiger partial charge is 0.0558 e. The van der Waals surface area contributed by atoms with Crippen molar-refractivity contribution in [1.82, 2.24) is 4.90 Å². The van der Waals surface area contributed by atoms with Crippen LogP contribution in [0.3, 0.4) is 0 Å². The minimum Gasteiger partial charge on any atom is -0.395 e. The van der Waals surface area contributed by atoms with E-state index >= 15 is 0 Å². The largest absolute Gasteiger partial charge is 0.395 e. The zero-order valence-corrected chi connectivity index (χ0v) is 13.0. The van der Waals surface area contributed by atoms with Crippen LogP contribution in [0.2, 0.25) is 0 Å². The maximum absolute atomic E-state index is 8.90. The standard InChI is InChI=1S/C13H24N2O.C2H6/c1-10(2)12(4)14-13-5-6-15(7-8-16)9-11(13)3;1-2/h10,16H,5-9H2,1-4H3;1-2H3. The maximum atomic E-state index is 8.90. The summed E-state index contributed by atoms with van der Waals surface area (Å²) in [5.74, 6) is 0.524. The van der Waals surface area contributed by atoms with Crippen LogP contribution >= 0.6 is 0 Å². The average molecular weight is 254 g/mol. The molecule has 0 amide bonds. The van der Waals surface area contributed by atoms with E-state index in [-0.39, 0.29) is 6.61 Å². The highest BCUT2D eigenvalue weighted by Crippen LogP contribution is 2.19. The van der Waals surface area contributed by atoms with Crippen LogP contribution in [0.1, 0.15) is 48.0 Å². The summed E-state index contributed by atoms with van der Waals surface area (Å²) in [4.78, 5) is 7.00. The van der Waals surface area contributed by atoms with Gasteiger partial charge >= 0.3 is 0 Å². The lowest BCUT2D eigenvalue weighted by molar-refractivity contribution is 0.201. The lowest BCUT2D eigenvalue weighted by Crippen LogP contribution is -2.33. The second-order valence-electron chi connectivity index (χ2n) is 4.88. The van der Waals surface area contributed by atoms with Gasteiger partial charge < -0.3 is 5.11 Å². The Morgan fingerprint density at radius 2 is 2.00 bits per heavy atom. The summed E-state index contributed by atoms with van der Waals surface area (Å²) in [5, 5.41) is 8.90. The van der Waals surface area contributed by atoms with E-state index in [2.05, 4.69) is 32.6 Å². The van der Waals surface area contributed by atoms with E-state index in [0.717, 1.165) is 26.1 Å². The Labute approximate surface area is 113 Å². The van der Waals surface area contributed by atoms with E-state index in [1.165, 1.54) is 17.0 Å². The first-order chi connectivity index (χ1) is 8.54. The van der Waals surface area contributed by atoms with E-state index in [0.29, 0.717) is 5.92 Å². The Balaban J connectivity index is 0.00000137. The SMILES string of the molecule is CC.CC(=NC1=C(C)CN(CCO)CC1)C(C)C. The van der Waals surface area contributed by atoms with Crippen molar-refractivity contribution in [3.63, 3.8) is 0 Å². The highest BCUT2D eigenvalue weighted by Gasteiger charge is 2.15. The number of rotatable bonds is 4. The number of aliphatic hydroxyl groups excluding tert-OH is 1. The third-order valence-corrected chi connectivity index (χ3v) is 3.18. The quantitative estimate of drug-likeness (QED) is 0.783. The number of hydrogen-bond donors (Lipinski definition) is 1. The van der Waals surface area contributed by atoms with Crippen LogP contribution in [-0.4, -0.2) is 42.0 Å². The van der Waals surface area contributed by atoms with Crippen molar-refractivity contribution >= 4 is 5.71 Å². The molecule has 1 rings (SSSR count). The first-order valence-electron chi connectivity index (χ1n) is 7.11. The predicted molar refractivity (Wildman–Crippen MR) is 80.1 cm³/mol. The number of hydrogen-bond acceptors (Lipinski definition) is 3. The highest BCUT2D eigenvalue weighted by molar-refractivity contribution is 5.84. The summed E-state index contributed by atoms with van der Waals surface area (Å²) in [5.41, 5.74) is 3.81. The minimum absolute atomic E-state index is 0.247. The van der Waals surface area contributed by atoms with Crippen LogP contribution in [0.5, 0.6) is 0 Å². The lowest BCUT2D eigenvalue weighted by atomic mass is 10.1. The van der Waals surface area contributed by atoms with E-state index in [4.69, 9.17) is 10.1 Å². The lowest BCUT2D eigenvalue weighted by Gasteiger charge is -2.27.